The van der Waals surface area contributed by atoms with E-state index in [1.54, 1.807) is 0 Å². The van der Waals surface area contributed by atoms with Gasteiger partial charge in [-0.3, -0.25) is 10.1 Å². The van der Waals surface area contributed by atoms with Crippen molar-refractivity contribution in [2.75, 3.05) is 23.7 Å². The van der Waals surface area contributed by atoms with Crippen LogP contribution in [0.5, 0.6) is 0 Å². The number of hydrogen-bond acceptors (Lipinski definition) is 6. The van der Waals surface area contributed by atoms with Crippen molar-refractivity contribution in [1.29, 1.82) is 0 Å². The molecule has 0 amide bonds. The lowest BCUT2D eigenvalue weighted by Gasteiger charge is -2.08. The SMILES string of the molecule is CCCNc1ncnc(NCC(F)F)c1[N+](=O)[O-]. The molecule has 0 unspecified atom stereocenters. The van der Waals surface area contributed by atoms with Gasteiger partial charge in [0.25, 0.3) is 6.43 Å². The number of anilines is 2. The van der Waals surface area contributed by atoms with Crippen molar-refractivity contribution in [3.05, 3.63) is 16.4 Å². The second kappa shape index (κ2) is 6.62. The third-order valence-corrected chi connectivity index (χ3v) is 1.97. The average molecular weight is 261 g/mol. The van der Waals surface area contributed by atoms with Crippen LogP contribution in [0.25, 0.3) is 0 Å². The van der Waals surface area contributed by atoms with Crippen LogP contribution in [0.1, 0.15) is 13.3 Å². The van der Waals surface area contributed by atoms with Gasteiger partial charge in [0.2, 0.25) is 11.6 Å². The van der Waals surface area contributed by atoms with Gasteiger partial charge in [-0.25, -0.2) is 18.7 Å². The van der Waals surface area contributed by atoms with E-state index >= 15 is 0 Å². The van der Waals surface area contributed by atoms with Crippen LogP contribution in [0.15, 0.2) is 6.33 Å². The third kappa shape index (κ3) is 3.75. The number of alkyl halides is 2. The molecule has 1 aromatic rings. The molecule has 0 radical (unpaired) electrons. The quantitative estimate of drug-likeness (QED) is 0.575. The van der Waals surface area contributed by atoms with Crippen molar-refractivity contribution in [1.82, 2.24) is 9.97 Å². The summed E-state index contributed by atoms with van der Waals surface area (Å²) in [4.78, 5) is 17.5. The summed E-state index contributed by atoms with van der Waals surface area (Å²) >= 11 is 0. The van der Waals surface area contributed by atoms with Gasteiger partial charge in [-0.2, -0.15) is 0 Å². The molecule has 0 spiro atoms. The highest BCUT2D eigenvalue weighted by atomic mass is 19.3. The molecule has 0 saturated carbocycles. The predicted molar refractivity (Wildman–Crippen MR) is 62.0 cm³/mol. The van der Waals surface area contributed by atoms with Gasteiger partial charge in [0, 0.05) is 6.54 Å². The van der Waals surface area contributed by atoms with Crippen molar-refractivity contribution in [2.45, 2.75) is 19.8 Å². The maximum absolute atomic E-state index is 12.1. The van der Waals surface area contributed by atoms with Gasteiger partial charge in [-0.15, -0.1) is 0 Å². The summed E-state index contributed by atoms with van der Waals surface area (Å²) in [5.74, 6) is -0.192. The molecule has 0 atom stereocenters. The molecular formula is C9H13F2N5O2. The fourth-order valence-corrected chi connectivity index (χ4v) is 1.23. The molecule has 1 rings (SSSR count). The smallest absolute Gasteiger partial charge is 0.353 e. The Morgan fingerprint density at radius 2 is 2.00 bits per heavy atom. The summed E-state index contributed by atoms with van der Waals surface area (Å²) < 4.78 is 24.1. The lowest BCUT2D eigenvalue weighted by atomic mass is 10.4. The molecule has 1 heterocycles. The number of nitrogens with zero attached hydrogens (tertiary/aromatic N) is 3. The van der Waals surface area contributed by atoms with Gasteiger partial charge in [0.1, 0.15) is 6.33 Å². The summed E-state index contributed by atoms with van der Waals surface area (Å²) in [6, 6.07) is 0. The zero-order valence-electron chi connectivity index (χ0n) is 9.69. The first-order valence-corrected chi connectivity index (χ1v) is 5.31. The van der Waals surface area contributed by atoms with Crippen molar-refractivity contribution >= 4 is 17.3 Å². The molecule has 1 aromatic heterocycles. The second-order valence-electron chi connectivity index (χ2n) is 3.38. The standard InChI is InChI=1S/C9H13F2N5O2/c1-2-3-12-8-7(16(17)18)9(15-5-14-8)13-4-6(10)11/h5-6H,2-4H2,1H3,(H2,12,13,14,15). The van der Waals surface area contributed by atoms with Crippen molar-refractivity contribution in [3.63, 3.8) is 0 Å². The lowest BCUT2D eigenvalue weighted by Crippen LogP contribution is -2.14. The molecule has 0 aliphatic rings. The van der Waals surface area contributed by atoms with Crippen molar-refractivity contribution < 1.29 is 13.7 Å². The molecule has 0 aliphatic heterocycles. The van der Waals surface area contributed by atoms with E-state index in [4.69, 9.17) is 0 Å². The highest BCUT2D eigenvalue weighted by molar-refractivity contribution is 5.69. The highest BCUT2D eigenvalue weighted by Gasteiger charge is 2.23. The van der Waals surface area contributed by atoms with Crippen LogP contribution in [-0.4, -0.2) is 34.4 Å². The van der Waals surface area contributed by atoms with Gasteiger partial charge in [0.15, 0.2) is 0 Å². The van der Waals surface area contributed by atoms with Gasteiger partial charge in [-0.1, -0.05) is 6.92 Å². The minimum atomic E-state index is -2.62. The van der Waals surface area contributed by atoms with Crippen molar-refractivity contribution in [3.8, 4) is 0 Å². The topological polar surface area (TPSA) is 93.0 Å². The summed E-state index contributed by atoms with van der Waals surface area (Å²) in [6.07, 6.45) is -0.786. The first-order valence-electron chi connectivity index (χ1n) is 5.31. The van der Waals surface area contributed by atoms with Gasteiger partial charge in [-0.05, 0) is 6.42 Å². The molecule has 0 aliphatic carbocycles. The van der Waals surface area contributed by atoms with Crippen LogP contribution in [-0.2, 0) is 0 Å². The van der Waals surface area contributed by atoms with Gasteiger partial charge >= 0.3 is 5.69 Å². The molecule has 0 aromatic carbocycles. The predicted octanol–water partition coefficient (Wildman–Crippen LogP) is 1.88. The number of halogens is 2. The highest BCUT2D eigenvalue weighted by Crippen LogP contribution is 2.28. The molecule has 100 valence electrons. The Hall–Kier alpha value is -2.06. The lowest BCUT2D eigenvalue weighted by molar-refractivity contribution is -0.383. The van der Waals surface area contributed by atoms with Crippen LogP contribution < -0.4 is 10.6 Å². The van der Waals surface area contributed by atoms with E-state index in [2.05, 4.69) is 20.6 Å². The van der Waals surface area contributed by atoms with E-state index in [0.29, 0.717) is 6.54 Å². The van der Waals surface area contributed by atoms with E-state index in [0.717, 1.165) is 12.7 Å². The summed E-state index contributed by atoms with van der Waals surface area (Å²) in [7, 11) is 0. The van der Waals surface area contributed by atoms with Crippen LogP contribution in [0, 0.1) is 10.1 Å². The van der Waals surface area contributed by atoms with Crippen LogP contribution in [0.4, 0.5) is 26.1 Å². The Kier molecular flexibility index (Phi) is 5.15. The van der Waals surface area contributed by atoms with E-state index in [9.17, 15) is 18.9 Å². The Morgan fingerprint density at radius 3 is 2.50 bits per heavy atom. The molecule has 9 heteroatoms. The number of aromatic nitrogens is 2. The fraction of sp³-hybridized carbons (Fsp3) is 0.556. The van der Waals surface area contributed by atoms with Crippen LogP contribution in [0.3, 0.4) is 0 Å². The Bertz CT molecular complexity index is 416. The average Bonchev–Trinajstić information content (AvgIpc) is 2.33. The number of hydrogen-bond donors (Lipinski definition) is 2. The molecule has 2 N–H and O–H groups in total. The summed E-state index contributed by atoms with van der Waals surface area (Å²) in [6.45, 7) is 1.67. The van der Waals surface area contributed by atoms with E-state index in [1.807, 2.05) is 6.92 Å². The van der Waals surface area contributed by atoms with Crippen molar-refractivity contribution in [2.24, 2.45) is 0 Å². The normalized spacial score (nSPS) is 10.4. The number of rotatable bonds is 7. The summed E-state index contributed by atoms with van der Waals surface area (Å²) in [5.41, 5.74) is -0.424. The first-order chi connectivity index (χ1) is 8.56. The largest absolute Gasteiger partial charge is 0.364 e. The molecule has 0 fully saturated rings. The first kappa shape index (κ1) is 14.0. The zero-order valence-corrected chi connectivity index (χ0v) is 9.69. The minimum Gasteiger partial charge on any atom is -0.364 e. The second-order valence-corrected chi connectivity index (χ2v) is 3.38. The Morgan fingerprint density at radius 1 is 1.39 bits per heavy atom. The molecule has 0 bridgehead atoms. The Balaban J connectivity index is 2.97. The maximum Gasteiger partial charge on any atom is 0.353 e. The minimum absolute atomic E-state index is 0.0219. The van der Waals surface area contributed by atoms with Crippen LogP contribution >= 0.6 is 0 Å². The maximum atomic E-state index is 12.1. The van der Waals surface area contributed by atoms with E-state index in [1.165, 1.54) is 0 Å². The zero-order chi connectivity index (χ0) is 13.5. The van der Waals surface area contributed by atoms with Gasteiger partial charge in [0.05, 0.1) is 11.5 Å². The number of nitrogens with one attached hydrogen (secondary N) is 2. The van der Waals surface area contributed by atoms with Crippen LogP contribution in [0.2, 0.25) is 0 Å². The Labute approximate surface area is 102 Å². The fourth-order valence-electron chi connectivity index (χ4n) is 1.23. The number of nitro groups is 1. The third-order valence-electron chi connectivity index (χ3n) is 1.97. The van der Waals surface area contributed by atoms with E-state index < -0.39 is 23.6 Å². The van der Waals surface area contributed by atoms with Gasteiger partial charge < -0.3 is 10.6 Å². The van der Waals surface area contributed by atoms with E-state index in [-0.39, 0.29) is 11.6 Å². The summed E-state index contributed by atoms with van der Waals surface area (Å²) in [5, 5.41) is 15.9. The molecule has 7 nitrogen and oxygen atoms in total. The molecule has 0 saturated heterocycles. The monoisotopic (exact) mass is 261 g/mol. The molecule has 18 heavy (non-hydrogen) atoms. The molecular weight excluding hydrogens is 248 g/mol.